The Morgan fingerprint density at radius 1 is 1.23 bits per heavy atom. The zero-order valence-electron chi connectivity index (χ0n) is 17.4. The number of nitrogens with zero attached hydrogens (tertiary/aromatic N) is 3. The van der Waals surface area contributed by atoms with Gasteiger partial charge >= 0.3 is 0 Å². The van der Waals surface area contributed by atoms with Crippen molar-refractivity contribution in [2.45, 2.75) is 32.2 Å². The number of ether oxygens (including phenoxy) is 1. The Morgan fingerprint density at radius 2 is 2.00 bits per heavy atom. The van der Waals surface area contributed by atoms with E-state index in [0.29, 0.717) is 62.9 Å². The molecule has 2 fully saturated rings. The Bertz CT molecular complexity index is 924. The molecule has 2 saturated heterocycles. The first-order valence-electron chi connectivity index (χ1n) is 10.6. The number of benzene rings is 1. The first-order valence-corrected chi connectivity index (χ1v) is 10.6. The van der Waals surface area contributed by atoms with E-state index < -0.39 is 0 Å². The third kappa shape index (κ3) is 4.81. The standard InChI is InChI=1S/C22H29N5O3/c1-16-19(21(29)25-22(23-16)26-11-13-30-14-12-26)7-8-20(28)27-10-9-18(15-27)24-17-5-3-2-4-6-17/h2-6,18,24H,7-15H2,1H3,(H,23,25,29). The van der Waals surface area contributed by atoms with Crippen molar-refractivity contribution in [3.05, 3.63) is 51.9 Å². The highest BCUT2D eigenvalue weighted by molar-refractivity contribution is 5.77. The van der Waals surface area contributed by atoms with Crippen LogP contribution in [0.25, 0.3) is 0 Å². The van der Waals surface area contributed by atoms with Crippen LogP contribution in [0.1, 0.15) is 24.1 Å². The van der Waals surface area contributed by atoms with Gasteiger partial charge in [0.05, 0.1) is 13.2 Å². The molecule has 8 nitrogen and oxygen atoms in total. The number of carbonyl (C=O) groups excluding carboxylic acids is 1. The maximum absolute atomic E-state index is 12.7. The average molecular weight is 412 g/mol. The Hall–Kier alpha value is -2.87. The minimum Gasteiger partial charge on any atom is -0.380 e. The van der Waals surface area contributed by atoms with Crippen molar-refractivity contribution in [2.75, 3.05) is 49.6 Å². The van der Waals surface area contributed by atoms with Crippen molar-refractivity contribution in [3.63, 3.8) is 0 Å². The SMILES string of the molecule is Cc1nc(N2CCOCC2)[nH]c(=O)c1CCC(=O)N1CCC(Nc2ccccc2)C1. The van der Waals surface area contributed by atoms with Gasteiger partial charge < -0.3 is 19.9 Å². The highest BCUT2D eigenvalue weighted by atomic mass is 16.5. The minimum absolute atomic E-state index is 0.0865. The fourth-order valence-corrected chi connectivity index (χ4v) is 4.08. The summed E-state index contributed by atoms with van der Waals surface area (Å²) in [6, 6.07) is 10.3. The summed E-state index contributed by atoms with van der Waals surface area (Å²) in [5.74, 6) is 0.675. The summed E-state index contributed by atoms with van der Waals surface area (Å²) in [6.07, 6.45) is 1.65. The van der Waals surface area contributed by atoms with Crippen LogP contribution in [-0.4, -0.2) is 66.2 Å². The van der Waals surface area contributed by atoms with E-state index in [1.165, 1.54) is 0 Å². The lowest BCUT2D eigenvalue weighted by atomic mass is 10.1. The molecule has 0 saturated carbocycles. The van der Waals surface area contributed by atoms with E-state index in [1.54, 1.807) is 0 Å². The first kappa shape index (κ1) is 20.4. The Morgan fingerprint density at radius 3 is 2.73 bits per heavy atom. The van der Waals surface area contributed by atoms with Gasteiger partial charge in [-0.25, -0.2) is 4.98 Å². The van der Waals surface area contributed by atoms with Crippen LogP contribution in [0.15, 0.2) is 35.1 Å². The number of aromatic nitrogens is 2. The number of aromatic amines is 1. The molecule has 8 heteroatoms. The van der Waals surface area contributed by atoms with Crippen LogP contribution in [0.5, 0.6) is 0 Å². The third-order valence-electron chi connectivity index (χ3n) is 5.79. The molecule has 2 aliphatic heterocycles. The van der Waals surface area contributed by atoms with Crippen LogP contribution in [0.2, 0.25) is 0 Å². The van der Waals surface area contributed by atoms with Crippen LogP contribution in [0.3, 0.4) is 0 Å². The van der Waals surface area contributed by atoms with Crippen molar-refractivity contribution in [1.82, 2.24) is 14.9 Å². The van der Waals surface area contributed by atoms with Crippen LogP contribution in [0.4, 0.5) is 11.6 Å². The fourth-order valence-electron chi connectivity index (χ4n) is 4.08. The summed E-state index contributed by atoms with van der Waals surface area (Å²) in [5, 5.41) is 3.48. The van der Waals surface area contributed by atoms with Gasteiger partial charge in [-0.05, 0) is 31.9 Å². The summed E-state index contributed by atoms with van der Waals surface area (Å²) in [4.78, 5) is 36.7. The quantitative estimate of drug-likeness (QED) is 0.750. The van der Waals surface area contributed by atoms with Crippen LogP contribution < -0.4 is 15.8 Å². The number of amides is 1. The lowest BCUT2D eigenvalue weighted by Gasteiger charge is -2.27. The number of rotatable bonds is 6. The molecule has 1 aromatic heterocycles. The van der Waals surface area contributed by atoms with E-state index in [4.69, 9.17) is 4.74 Å². The van der Waals surface area contributed by atoms with Crippen molar-refractivity contribution in [3.8, 4) is 0 Å². The molecular formula is C22H29N5O3. The molecule has 1 amide bonds. The Balaban J connectivity index is 1.32. The maximum Gasteiger partial charge on any atom is 0.255 e. The summed E-state index contributed by atoms with van der Waals surface area (Å²) >= 11 is 0. The molecule has 30 heavy (non-hydrogen) atoms. The van der Waals surface area contributed by atoms with Gasteiger partial charge in [0.1, 0.15) is 0 Å². The highest BCUT2D eigenvalue weighted by Crippen LogP contribution is 2.17. The normalized spacial score (nSPS) is 19.2. The Kier molecular flexibility index (Phi) is 6.32. The van der Waals surface area contributed by atoms with Crippen molar-refractivity contribution < 1.29 is 9.53 Å². The first-order chi connectivity index (χ1) is 14.6. The second kappa shape index (κ2) is 9.30. The summed E-state index contributed by atoms with van der Waals surface area (Å²) in [6.45, 7) is 5.98. The van der Waals surface area contributed by atoms with E-state index in [-0.39, 0.29) is 17.5 Å². The number of nitrogens with one attached hydrogen (secondary N) is 2. The number of anilines is 2. The van der Waals surface area contributed by atoms with Gasteiger partial charge in [-0.15, -0.1) is 0 Å². The van der Waals surface area contributed by atoms with Crippen molar-refractivity contribution in [2.24, 2.45) is 0 Å². The number of carbonyl (C=O) groups is 1. The second-order valence-corrected chi connectivity index (χ2v) is 7.89. The van der Waals surface area contributed by atoms with E-state index in [1.807, 2.05) is 47.1 Å². The monoisotopic (exact) mass is 411 g/mol. The number of morpholine rings is 1. The number of para-hydroxylation sites is 1. The number of aryl methyl sites for hydroxylation is 1. The van der Waals surface area contributed by atoms with Crippen molar-refractivity contribution in [1.29, 1.82) is 0 Å². The van der Waals surface area contributed by atoms with Gasteiger partial charge in [-0.2, -0.15) is 0 Å². The van der Waals surface area contributed by atoms with Crippen LogP contribution in [-0.2, 0) is 16.0 Å². The molecule has 3 heterocycles. The van der Waals surface area contributed by atoms with Gasteiger partial charge in [0.25, 0.3) is 5.56 Å². The predicted octanol–water partition coefficient (Wildman–Crippen LogP) is 1.56. The van der Waals surface area contributed by atoms with Gasteiger partial charge in [0.2, 0.25) is 11.9 Å². The maximum atomic E-state index is 12.7. The molecule has 160 valence electrons. The molecule has 1 atom stereocenters. The topological polar surface area (TPSA) is 90.6 Å². The lowest BCUT2D eigenvalue weighted by Crippen LogP contribution is -2.38. The van der Waals surface area contributed by atoms with Gasteiger partial charge in [-0.1, -0.05) is 18.2 Å². The molecule has 2 aliphatic rings. The molecule has 2 N–H and O–H groups in total. The molecular weight excluding hydrogens is 382 g/mol. The molecule has 1 unspecified atom stereocenters. The molecule has 4 rings (SSSR count). The summed E-state index contributed by atoms with van der Waals surface area (Å²) < 4.78 is 5.35. The van der Waals surface area contributed by atoms with Crippen molar-refractivity contribution >= 4 is 17.5 Å². The predicted molar refractivity (Wildman–Crippen MR) is 116 cm³/mol. The van der Waals surface area contributed by atoms with E-state index in [0.717, 1.165) is 18.7 Å². The van der Waals surface area contributed by atoms with E-state index >= 15 is 0 Å². The van der Waals surface area contributed by atoms with Crippen LogP contribution in [0, 0.1) is 6.92 Å². The zero-order valence-corrected chi connectivity index (χ0v) is 17.4. The Labute approximate surface area is 176 Å². The molecule has 0 spiro atoms. The smallest absolute Gasteiger partial charge is 0.255 e. The third-order valence-corrected chi connectivity index (χ3v) is 5.79. The molecule has 2 aromatic rings. The van der Waals surface area contributed by atoms with Crippen LogP contribution >= 0.6 is 0 Å². The largest absolute Gasteiger partial charge is 0.380 e. The highest BCUT2D eigenvalue weighted by Gasteiger charge is 2.26. The minimum atomic E-state index is -0.151. The van der Waals surface area contributed by atoms with Gasteiger partial charge in [0, 0.05) is 55.6 Å². The van der Waals surface area contributed by atoms with E-state index in [9.17, 15) is 9.59 Å². The second-order valence-electron chi connectivity index (χ2n) is 7.89. The number of H-pyrrole nitrogens is 1. The fraction of sp³-hybridized carbons (Fsp3) is 0.500. The molecule has 0 bridgehead atoms. The van der Waals surface area contributed by atoms with Gasteiger partial charge in [-0.3, -0.25) is 14.6 Å². The zero-order chi connectivity index (χ0) is 20.9. The van der Waals surface area contributed by atoms with Gasteiger partial charge in [0.15, 0.2) is 0 Å². The molecule has 1 aromatic carbocycles. The average Bonchev–Trinajstić information content (AvgIpc) is 3.23. The number of likely N-dealkylation sites (tertiary alicyclic amines) is 1. The molecule has 0 radical (unpaired) electrons. The molecule has 0 aliphatic carbocycles. The number of hydrogen-bond acceptors (Lipinski definition) is 6. The summed E-state index contributed by atoms with van der Waals surface area (Å²) in [7, 11) is 0. The lowest BCUT2D eigenvalue weighted by molar-refractivity contribution is -0.130. The number of hydrogen-bond donors (Lipinski definition) is 2. The van der Waals surface area contributed by atoms with E-state index in [2.05, 4.69) is 15.3 Å². The summed E-state index contributed by atoms with van der Waals surface area (Å²) in [5.41, 5.74) is 2.21.